The first-order valence-corrected chi connectivity index (χ1v) is 16.9. The lowest BCUT2D eigenvalue weighted by Gasteiger charge is -2.31. The number of carbonyl (C=O) groups excluding carboxylic acids is 2. The van der Waals surface area contributed by atoms with Crippen LogP contribution < -0.4 is 26.6 Å². The molecule has 4 rings (SSSR count). The van der Waals surface area contributed by atoms with Gasteiger partial charge in [0, 0.05) is 45.5 Å². The summed E-state index contributed by atoms with van der Waals surface area (Å²) in [5, 5.41) is 5.55. The Labute approximate surface area is 248 Å². The summed E-state index contributed by atoms with van der Waals surface area (Å²) in [5.41, 5.74) is -0.991. The molecule has 3 N–H and O–H groups in total. The molecule has 1 saturated heterocycles. The Morgan fingerprint density at radius 2 is 1.69 bits per heavy atom. The number of carbonyl (C=O) groups is 2. The predicted octanol–water partition coefficient (Wildman–Crippen LogP) is 2.20. The van der Waals surface area contributed by atoms with E-state index >= 15 is 0 Å². The number of aryl methyl sites for hydroxylation is 1. The molecule has 0 radical (unpaired) electrons. The van der Waals surface area contributed by atoms with E-state index in [0.29, 0.717) is 63.1 Å². The topological polar surface area (TPSA) is 152 Å². The third-order valence-corrected chi connectivity index (χ3v) is 10.4. The quantitative estimate of drug-likeness (QED) is 0.276. The minimum Gasteiger partial charge on any atom is -0.352 e. The number of piperidine rings is 1. The second-order valence-electron chi connectivity index (χ2n) is 11.9. The molecule has 12 nitrogen and oxygen atoms in total. The minimum atomic E-state index is -3.94. The van der Waals surface area contributed by atoms with Crippen LogP contribution in [0.3, 0.4) is 0 Å². The highest BCUT2D eigenvalue weighted by molar-refractivity contribution is 7.87. The smallest absolute Gasteiger partial charge is 0.330 e. The van der Waals surface area contributed by atoms with Crippen molar-refractivity contribution in [3.63, 3.8) is 0 Å². The number of unbranched alkanes of at least 4 members (excludes halogenated alkanes) is 2. The van der Waals surface area contributed by atoms with E-state index in [4.69, 9.17) is 0 Å². The van der Waals surface area contributed by atoms with Crippen LogP contribution in [0.15, 0.2) is 27.9 Å². The molecule has 2 aliphatic carbocycles. The molecule has 1 aromatic heterocycles. The van der Waals surface area contributed by atoms with Crippen LogP contribution in [0.2, 0.25) is 0 Å². The van der Waals surface area contributed by atoms with Gasteiger partial charge in [0.2, 0.25) is 0 Å². The molecule has 2 heterocycles. The third kappa shape index (κ3) is 7.91. The van der Waals surface area contributed by atoms with E-state index in [1.807, 2.05) is 13.8 Å². The summed E-state index contributed by atoms with van der Waals surface area (Å²) in [7, 11) is -3.94. The van der Waals surface area contributed by atoms with Crippen LogP contribution in [0.5, 0.6) is 0 Å². The Hall–Kier alpha value is -2.93. The van der Waals surface area contributed by atoms with Gasteiger partial charge in [-0.3, -0.25) is 18.7 Å². The molecule has 1 saturated carbocycles. The van der Waals surface area contributed by atoms with E-state index in [1.165, 1.54) is 15.1 Å². The number of urea groups is 1. The summed E-state index contributed by atoms with van der Waals surface area (Å²) in [5.74, 6) is 1.10. The Bertz CT molecular complexity index is 1360. The molecule has 1 aromatic rings. The highest BCUT2D eigenvalue weighted by atomic mass is 32.2. The van der Waals surface area contributed by atoms with Crippen molar-refractivity contribution in [2.24, 2.45) is 23.7 Å². The van der Waals surface area contributed by atoms with Crippen molar-refractivity contribution in [1.82, 2.24) is 28.8 Å². The first-order valence-electron chi connectivity index (χ1n) is 15.5. The van der Waals surface area contributed by atoms with Crippen molar-refractivity contribution < 1.29 is 18.0 Å². The molecule has 0 aromatic carbocycles. The number of nitrogens with zero attached hydrogens (tertiary/aromatic N) is 3. The molecule has 42 heavy (non-hydrogen) atoms. The molecule has 13 heteroatoms. The number of allylic oxidation sites excluding steroid dienone is 2. The van der Waals surface area contributed by atoms with Gasteiger partial charge in [0.25, 0.3) is 11.5 Å². The largest absolute Gasteiger partial charge is 0.352 e. The van der Waals surface area contributed by atoms with Crippen LogP contribution >= 0.6 is 0 Å². The van der Waals surface area contributed by atoms with Gasteiger partial charge >= 0.3 is 21.9 Å². The Morgan fingerprint density at radius 3 is 2.33 bits per heavy atom. The summed E-state index contributed by atoms with van der Waals surface area (Å²) >= 11 is 0. The van der Waals surface area contributed by atoms with Crippen molar-refractivity contribution >= 4 is 22.1 Å². The maximum atomic E-state index is 13.0. The molecule has 2 bridgehead atoms. The summed E-state index contributed by atoms with van der Waals surface area (Å²) in [6, 6.07) is -0.693. The fourth-order valence-corrected chi connectivity index (χ4v) is 7.43. The summed E-state index contributed by atoms with van der Waals surface area (Å²) < 4.78 is 31.6. The van der Waals surface area contributed by atoms with Crippen LogP contribution in [0.4, 0.5) is 4.79 Å². The van der Waals surface area contributed by atoms with Gasteiger partial charge in [-0.2, -0.15) is 12.7 Å². The van der Waals surface area contributed by atoms with Gasteiger partial charge in [-0.25, -0.2) is 14.3 Å². The van der Waals surface area contributed by atoms with Crippen LogP contribution in [0.25, 0.3) is 0 Å². The lowest BCUT2D eigenvalue weighted by Crippen LogP contribution is -2.50. The molecule has 1 aliphatic heterocycles. The highest BCUT2D eigenvalue weighted by Gasteiger charge is 2.36. The summed E-state index contributed by atoms with van der Waals surface area (Å²) in [6.07, 6.45) is 12.9. The fraction of sp³-hybridized carbons (Fsp3) is 0.724. The average Bonchev–Trinajstić information content (AvgIpc) is 3.59. The number of hydrogen-bond acceptors (Lipinski definition) is 6. The number of hydrogen-bond donors (Lipinski definition) is 3. The van der Waals surface area contributed by atoms with Crippen molar-refractivity contribution in [1.29, 1.82) is 0 Å². The molecule has 3 amide bonds. The molecule has 2 fully saturated rings. The van der Waals surface area contributed by atoms with E-state index in [1.54, 1.807) is 0 Å². The van der Waals surface area contributed by atoms with Gasteiger partial charge in [-0.15, -0.1) is 0 Å². The standard InChI is InChI=1S/C29H46N6O6S/c1-3-5-13-33-20-25(27(37)35(29(33)39)14-6-4-2)26(36)30-12-9-21-10-15-34(16-11-21)42(40,41)32-28(38)31-19-24-18-22-7-8-23(24)17-22/h7-8,20-24H,3-6,9-19H2,1-2H3,(H,30,36)(H2,31,32,38)/t22-,23-,24+/m1/s1. The maximum Gasteiger partial charge on any atom is 0.330 e. The molecule has 3 atom stereocenters. The summed E-state index contributed by atoms with van der Waals surface area (Å²) in [4.78, 5) is 51.0. The monoisotopic (exact) mass is 606 g/mol. The van der Waals surface area contributed by atoms with Gasteiger partial charge in [-0.05, 0) is 68.6 Å². The molecular formula is C29H46N6O6S. The maximum absolute atomic E-state index is 13.0. The normalized spacial score (nSPS) is 22.4. The zero-order valence-electron chi connectivity index (χ0n) is 24.8. The Kier molecular flexibility index (Phi) is 11.0. The van der Waals surface area contributed by atoms with Gasteiger partial charge in [-0.1, -0.05) is 38.8 Å². The van der Waals surface area contributed by atoms with Gasteiger partial charge in [0.15, 0.2) is 0 Å². The van der Waals surface area contributed by atoms with Crippen LogP contribution in [0, 0.1) is 23.7 Å². The minimum absolute atomic E-state index is 0.0380. The summed E-state index contributed by atoms with van der Waals surface area (Å²) in [6.45, 7) is 6.06. The van der Waals surface area contributed by atoms with Crippen molar-refractivity contribution in [2.45, 2.75) is 84.7 Å². The lowest BCUT2D eigenvalue weighted by atomic mass is 9.94. The van der Waals surface area contributed by atoms with Gasteiger partial charge in [0.05, 0.1) is 0 Å². The van der Waals surface area contributed by atoms with Crippen LogP contribution in [-0.2, 0) is 23.3 Å². The molecule has 0 unspecified atom stereocenters. The van der Waals surface area contributed by atoms with E-state index in [0.717, 1.165) is 36.7 Å². The van der Waals surface area contributed by atoms with E-state index in [-0.39, 0.29) is 36.8 Å². The van der Waals surface area contributed by atoms with E-state index in [2.05, 4.69) is 27.5 Å². The molecular weight excluding hydrogens is 560 g/mol. The van der Waals surface area contributed by atoms with Crippen molar-refractivity contribution in [2.75, 3.05) is 26.2 Å². The SMILES string of the molecule is CCCCn1cc(C(=O)NCCC2CCN(S(=O)(=O)NC(=O)NC[C@@H]3C[C@@H]4C=C[C@@H]3C4)CC2)c(=O)n(CCCC)c1=O. The van der Waals surface area contributed by atoms with Gasteiger partial charge < -0.3 is 10.6 Å². The van der Waals surface area contributed by atoms with E-state index < -0.39 is 27.7 Å². The zero-order chi connectivity index (χ0) is 30.3. The Balaban J connectivity index is 1.22. The second kappa shape index (κ2) is 14.5. The molecule has 234 valence electrons. The van der Waals surface area contributed by atoms with Crippen LogP contribution in [0.1, 0.15) is 82.0 Å². The molecule has 0 spiro atoms. The zero-order valence-corrected chi connectivity index (χ0v) is 25.7. The van der Waals surface area contributed by atoms with Crippen LogP contribution in [-0.4, -0.2) is 60.0 Å². The average molecular weight is 607 g/mol. The predicted molar refractivity (Wildman–Crippen MR) is 160 cm³/mol. The first-order chi connectivity index (χ1) is 20.1. The number of rotatable bonds is 14. The van der Waals surface area contributed by atoms with Crippen molar-refractivity contribution in [3.8, 4) is 0 Å². The number of amides is 3. The number of aromatic nitrogens is 2. The molecule has 3 aliphatic rings. The van der Waals surface area contributed by atoms with Crippen molar-refractivity contribution in [3.05, 3.63) is 44.8 Å². The number of nitrogens with one attached hydrogen (secondary N) is 3. The second-order valence-corrected chi connectivity index (χ2v) is 13.6. The fourth-order valence-electron chi connectivity index (χ4n) is 6.31. The van der Waals surface area contributed by atoms with Gasteiger partial charge in [0.1, 0.15) is 5.56 Å². The third-order valence-electron chi connectivity index (χ3n) is 8.88. The number of fused-ring (bicyclic) bond motifs is 2. The van der Waals surface area contributed by atoms with E-state index in [9.17, 15) is 27.6 Å². The highest BCUT2D eigenvalue weighted by Crippen LogP contribution is 2.42. The Morgan fingerprint density at radius 1 is 0.976 bits per heavy atom. The first kappa shape index (κ1) is 32.0. The lowest BCUT2D eigenvalue weighted by molar-refractivity contribution is 0.0946.